The van der Waals surface area contributed by atoms with Crippen LogP contribution in [0.15, 0.2) is 34.8 Å². The van der Waals surface area contributed by atoms with Gasteiger partial charge in [-0.1, -0.05) is 45.7 Å². The minimum absolute atomic E-state index is 0.164. The lowest BCUT2D eigenvalue weighted by Gasteiger charge is -2.19. The highest BCUT2D eigenvalue weighted by Crippen LogP contribution is 2.28. The summed E-state index contributed by atoms with van der Waals surface area (Å²) >= 11 is 9.45. The molecular formula is C17H18BrClFN. The fraction of sp³-hybridized carbons (Fsp3) is 0.294. The molecule has 1 unspecified atom stereocenters. The van der Waals surface area contributed by atoms with Gasteiger partial charge < -0.3 is 5.32 Å². The summed E-state index contributed by atoms with van der Waals surface area (Å²) in [7, 11) is 1.93. The minimum atomic E-state index is -0.378. The highest BCUT2D eigenvalue weighted by Gasteiger charge is 2.13. The molecule has 112 valence electrons. The molecule has 1 N–H and O–H groups in total. The lowest BCUT2D eigenvalue weighted by atomic mass is 9.96. The van der Waals surface area contributed by atoms with E-state index in [4.69, 9.17) is 11.6 Å². The number of benzene rings is 2. The van der Waals surface area contributed by atoms with Crippen LogP contribution >= 0.6 is 27.5 Å². The molecule has 0 aliphatic rings. The Kier molecular flexibility index (Phi) is 5.42. The molecule has 0 spiro atoms. The molecule has 21 heavy (non-hydrogen) atoms. The Morgan fingerprint density at radius 1 is 1.19 bits per heavy atom. The number of likely N-dealkylation sites (N-methyl/N-ethyl adjacent to an activating group) is 1. The molecule has 0 aromatic heterocycles. The first-order valence-corrected chi connectivity index (χ1v) is 7.97. The van der Waals surface area contributed by atoms with E-state index in [9.17, 15) is 4.39 Å². The summed E-state index contributed by atoms with van der Waals surface area (Å²) in [6.45, 7) is 4.17. The van der Waals surface area contributed by atoms with Crippen molar-refractivity contribution in [2.75, 3.05) is 7.05 Å². The SMILES string of the molecule is CNC(Cc1ccc(F)c(Cl)c1)c1cc(C)c(Br)c(C)c1. The van der Waals surface area contributed by atoms with Gasteiger partial charge in [-0.15, -0.1) is 0 Å². The molecule has 2 aromatic rings. The van der Waals surface area contributed by atoms with Gasteiger partial charge in [0.25, 0.3) is 0 Å². The number of halogens is 3. The zero-order valence-electron chi connectivity index (χ0n) is 12.3. The number of rotatable bonds is 4. The van der Waals surface area contributed by atoms with Gasteiger partial charge in [0, 0.05) is 10.5 Å². The van der Waals surface area contributed by atoms with Crippen LogP contribution in [0.5, 0.6) is 0 Å². The number of hydrogen-bond donors (Lipinski definition) is 1. The third kappa shape index (κ3) is 3.85. The van der Waals surface area contributed by atoms with E-state index in [1.807, 2.05) is 7.05 Å². The summed E-state index contributed by atoms with van der Waals surface area (Å²) in [5.74, 6) is -0.378. The fourth-order valence-electron chi connectivity index (χ4n) is 2.47. The summed E-state index contributed by atoms with van der Waals surface area (Å²) in [4.78, 5) is 0. The molecule has 0 heterocycles. The maximum Gasteiger partial charge on any atom is 0.141 e. The van der Waals surface area contributed by atoms with E-state index in [0.717, 1.165) is 16.5 Å². The molecule has 0 saturated heterocycles. The van der Waals surface area contributed by atoms with Crippen LogP contribution in [-0.2, 0) is 6.42 Å². The number of aryl methyl sites for hydroxylation is 2. The molecule has 1 nitrogen and oxygen atoms in total. The lowest BCUT2D eigenvalue weighted by Crippen LogP contribution is -2.19. The van der Waals surface area contributed by atoms with Crippen LogP contribution in [-0.4, -0.2) is 7.05 Å². The highest BCUT2D eigenvalue weighted by molar-refractivity contribution is 9.10. The Morgan fingerprint density at radius 2 is 1.81 bits per heavy atom. The Morgan fingerprint density at radius 3 is 2.33 bits per heavy atom. The molecule has 2 rings (SSSR count). The summed E-state index contributed by atoms with van der Waals surface area (Å²) in [5.41, 5.74) is 4.65. The molecule has 1 atom stereocenters. The van der Waals surface area contributed by atoms with E-state index in [2.05, 4.69) is 47.2 Å². The molecule has 0 bridgehead atoms. The second kappa shape index (κ2) is 6.91. The first-order chi connectivity index (χ1) is 9.92. The first kappa shape index (κ1) is 16.5. The van der Waals surface area contributed by atoms with Crippen molar-refractivity contribution in [1.82, 2.24) is 5.32 Å². The second-order valence-electron chi connectivity index (χ2n) is 5.26. The predicted octanol–water partition coefficient (Wildman–Crippen LogP) is 5.36. The van der Waals surface area contributed by atoms with E-state index in [-0.39, 0.29) is 16.9 Å². The van der Waals surface area contributed by atoms with Gasteiger partial charge in [0.05, 0.1) is 5.02 Å². The van der Waals surface area contributed by atoms with Gasteiger partial charge in [0.15, 0.2) is 0 Å². The summed E-state index contributed by atoms with van der Waals surface area (Å²) in [6.07, 6.45) is 0.761. The van der Waals surface area contributed by atoms with Crippen LogP contribution in [0.25, 0.3) is 0 Å². The van der Waals surface area contributed by atoms with Gasteiger partial charge >= 0.3 is 0 Å². The largest absolute Gasteiger partial charge is 0.313 e. The molecular weight excluding hydrogens is 353 g/mol. The number of nitrogens with one attached hydrogen (secondary N) is 1. The van der Waals surface area contributed by atoms with Crippen molar-refractivity contribution in [2.24, 2.45) is 0 Å². The molecule has 0 saturated carbocycles. The maximum absolute atomic E-state index is 13.2. The average Bonchev–Trinajstić information content (AvgIpc) is 2.45. The first-order valence-electron chi connectivity index (χ1n) is 6.80. The van der Waals surface area contributed by atoms with Crippen molar-refractivity contribution >= 4 is 27.5 Å². The van der Waals surface area contributed by atoms with E-state index in [1.165, 1.54) is 22.8 Å². The maximum atomic E-state index is 13.2. The quantitative estimate of drug-likeness (QED) is 0.764. The third-order valence-corrected chi connectivity index (χ3v) is 5.17. The minimum Gasteiger partial charge on any atom is -0.313 e. The van der Waals surface area contributed by atoms with Crippen molar-refractivity contribution < 1.29 is 4.39 Å². The van der Waals surface area contributed by atoms with E-state index in [1.54, 1.807) is 12.1 Å². The molecule has 0 aliphatic heterocycles. The van der Waals surface area contributed by atoms with E-state index >= 15 is 0 Å². The lowest BCUT2D eigenvalue weighted by molar-refractivity contribution is 0.588. The molecule has 2 aromatic carbocycles. The van der Waals surface area contributed by atoms with Crippen molar-refractivity contribution in [3.05, 3.63) is 67.9 Å². The van der Waals surface area contributed by atoms with Crippen LogP contribution in [0.2, 0.25) is 5.02 Å². The highest BCUT2D eigenvalue weighted by atomic mass is 79.9. The van der Waals surface area contributed by atoms with Crippen molar-refractivity contribution in [3.8, 4) is 0 Å². The smallest absolute Gasteiger partial charge is 0.141 e. The fourth-order valence-corrected chi connectivity index (χ4v) is 2.90. The van der Waals surface area contributed by atoms with Crippen LogP contribution in [0, 0.1) is 19.7 Å². The van der Waals surface area contributed by atoms with Crippen LogP contribution in [0.3, 0.4) is 0 Å². The van der Waals surface area contributed by atoms with Crippen LogP contribution in [0.1, 0.15) is 28.3 Å². The molecule has 4 heteroatoms. The van der Waals surface area contributed by atoms with Gasteiger partial charge in [-0.3, -0.25) is 0 Å². The average molecular weight is 371 g/mol. The van der Waals surface area contributed by atoms with Crippen molar-refractivity contribution in [3.63, 3.8) is 0 Å². The van der Waals surface area contributed by atoms with Gasteiger partial charge in [0.2, 0.25) is 0 Å². The van der Waals surface area contributed by atoms with E-state index in [0.29, 0.717) is 0 Å². The topological polar surface area (TPSA) is 12.0 Å². The Labute approximate surface area is 138 Å². The standard InChI is InChI=1S/C17H18BrClFN/c1-10-6-13(7-11(2)17(10)18)16(21-3)9-12-4-5-15(20)14(19)8-12/h4-8,16,21H,9H2,1-3H3. The second-order valence-corrected chi connectivity index (χ2v) is 6.46. The van der Waals surface area contributed by atoms with Crippen LogP contribution < -0.4 is 5.32 Å². The molecule has 0 fully saturated rings. The zero-order chi connectivity index (χ0) is 15.6. The van der Waals surface area contributed by atoms with Gasteiger partial charge in [0.1, 0.15) is 5.82 Å². The normalized spacial score (nSPS) is 12.5. The van der Waals surface area contributed by atoms with Gasteiger partial charge in [-0.2, -0.15) is 0 Å². The van der Waals surface area contributed by atoms with E-state index < -0.39 is 0 Å². The Bertz CT molecular complexity index is 634. The predicted molar refractivity (Wildman–Crippen MR) is 90.5 cm³/mol. The Hall–Kier alpha value is -0.900. The zero-order valence-corrected chi connectivity index (χ0v) is 14.6. The summed E-state index contributed by atoms with van der Waals surface area (Å²) in [5, 5.41) is 3.49. The molecule has 0 amide bonds. The van der Waals surface area contributed by atoms with Crippen molar-refractivity contribution in [2.45, 2.75) is 26.3 Å². The summed E-state index contributed by atoms with van der Waals surface area (Å²) in [6, 6.07) is 9.40. The van der Waals surface area contributed by atoms with Crippen LogP contribution in [0.4, 0.5) is 4.39 Å². The van der Waals surface area contributed by atoms with Gasteiger partial charge in [-0.25, -0.2) is 4.39 Å². The Balaban J connectivity index is 2.29. The third-order valence-electron chi connectivity index (χ3n) is 3.63. The van der Waals surface area contributed by atoms with Gasteiger partial charge in [-0.05, 0) is 61.7 Å². The summed E-state index contributed by atoms with van der Waals surface area (Å²) < 4.78 is 14.4. The molecule has 0 aliphatic carbocycles. The molecule has 0 radical (unpaired) electrons. The van der Waals surface area contributed by atoms with Crippen molar-refractivity contribution in [1.29, 1.82) is 0 Å². The number of hydrogen-bond acceptors (Lipinski definition) is 1. The monoisotopic (exact) mass is 369 g/mol.